The summed E-state index contributed by atoms with van der Waals surface area (Å²) < 4.78 is 9.20. The fourth-order valence-electron chi connectivity index (χ4n) is 1.12. The number of ether oxygens (including phenoxy) is 2. The van der Waals surface area contributed by atoms with Gasteiger partial charge in [0.2, 0.25) is 5.82 Å². The van der Waals surface area contributed by atoms with E-state index >= 15 is 0 Å². The van der Waals surface area contributed by atoms with Crippen molar-refractivity contribution in [3.05, 3.63) is 18.1 Å². The van der Waals surface area contributed by atoms with Gasteiger partial charge >= 0.3 is 11.9 Å². The number of carboxylic acid groups (broad SMARTS) is 1. The zero-order chi connectivity index (χ0) is 13.5. The molecule has 8 nitrogen and oxygen atoms in total. The van der Waals surface area contributed by atoms with E-state index in [0.717, 1.165) is 0 Å². The van der Waals surface area contributed by atoms with Crippen LogP contribution >= 0.6 is 0 Å². The molecule has 1 rings (SSSR count). The van der Waals surface area contributed by atoms with Crippen molar-refractivity contribution in [1.82, 2.24) is 9.97 Å². The minimum absolute atomic E-state index is 0.0173. The molecule has 98 valence electrons. The van der Waals surface area contributed by atoms with Crippen molar-refractivity contribution < 1.29 is 24.2 Å². The number of nitrogens with zero attached hydrogens (tertiary/aromatic N) is 2. The van der Waals surface area contributed by atoms with Gasteiger partial charge in [-0.1, -0.05) is 0 Å². The van der Waals surface area contributed by atoms with Crippen LogP contribution < -0.4 is 5.32 Å². The number of carboxylic acids is 1. The Morgan fingerprint density at radius 1 is 1.50 bits per heavy atom. The first-order valence-corrected chi connectivity index (χ1v) is 4.99. The topological polar surface area (TPSA) is 111 Å². The van der Waals surface area contributed by atoms with Crippen LogP contribution in [0.3, 0.4) is 0 Å². The van der Waals surface area contributed by atoms with Gasteiger partial charge < -0.3 is 19.9 Å². The SMILES string of the molecule is COC(=O)c1nccc(NCC(OC)C(=O)O)n1. The quantitative estimate of drug-likeness (QED) is 0.671. The summed E-state index contributed by atoms with van der Waals surface area (Å²) >= 11 is 0. The van der Waals surface area contributed by atoms with E-state index in [0.29, 0.717) is 5.82 Å². The summed E-state index contributed by atoms with van der Waals surface area (Å²) in [5.74, 6) is -1.55. The number of aliphatic carboxylic acids is 1. The Morgan fingerprint density at radius 3 is 2.78 bits per heavy atom. The molecule has 1 atom stereocenters. The standard InChI is InChI=1S/C10H13N3O5/c1-17-6(9(14)15)5-12-7-3-4-11-8(13-7)10(16)18-2/h3-4,6H,5H2,1-2H3,(H,14,15)(H,11,12,13). The number of nitrogens with one attached hydrogen (secondary N) is 1. The van der Waals surface area contributed by atoms with Gasteiger partial charge in [0.15, 0.2) is 6.10 Å². The molecule has 8 heteroatoms. The second-order valence-corrected chi connectivity index (χ2v) is 3.20. The van der Waals surface area contributed by atoms with Crippen LogP contribution in [0.15, 0.2) is 12.3 Å². The molecule has 1 aromatic rings. The molecule has 0 amide bonds. The third-order valence-electron chi connectivity index (χ3n) is 2.05. The minimum Gasteiger partial charge on any atom is -0.479 e. The van der Waals surface area contributed by atoms with E-state index in [-0.39, 0.29) is 12.4 Å². The van der Waals surface area contributed by atoms with Crippen molar-refractivity contribution in [3.63, 3.8) is 0 Å². The van der Waals surface area contributed by atoms with Gasteiger partial charge in [-0.25, -0.2) is 19.6 Å². The Balaban J connectivity index is 2.68. The van der Waals surface area contributed by atoms with Gasteiger partial charge in [0, 0.05) is 13.3 Å². The van der Waals surface area contributed by atoms with Gasteiger partial charge in [0.05, 0.1) is 13.7 Å². The monoisotopic (exact) mass is 255 g/mol. The molecule has 0 saturated heterocycles. The van der Waals surface area contributed by atoms with Crippen molar-refractivity contribution in [2.75, 3.05) is 26.1 Å². The van der Waals surface area contributed by atoms with E-state index in [4.69, 9.17) is 9.84 Å². The summed E-state index contributed by atoms with van der Waals surface area (Å²) in [5.41, 5.74) is 0. The highest BCUT2D eigenvalue weighted by molar-refractivity contribution is 5.85. The highest BCUT2D eigenvalue weighted by Gasteiger charge is 2.16. The minimum atomic E-state index is -1.09. The number of rotatable bonds is 6. The summed E-state index contributed by atoms with van der Waals surface area (Å²) in [6.07, 6.45) is 0.367. The predicted octanol–water partition coefficient (Wildman–Crippen LogP) is -0.225. The Kier molecular flexibility index (Phi) is 5.00. The lowest BCUT2D eigenvalue weighted by atomic mass is 10.3. The van der Waals surface area contributed by atoms with Gasteiger partial charge in [-0.3, -0.25) is 0 Å². The van der Waals surface area contributed by atoms with Gasteiger partial charge in [0.25, 0.3) is 0 Å². The van der Waals surface area contributed by atoms with Gasteiger partial charge in [-0.2, -0.15) is 0 Å². The normalized spacial score (nSPS) is 11.7. The van der Waals surface area contributed by atoms with Crippen molar-refractivity contribution in [2.24, 2.45) is 0 Å². The first-order valence-electron chi connectivity index (χ1n) is 4.99. The fraction of sp³-hybridized carbons (Fsp3) is 0.400. The first-order chi connectivity index (χ1) is 8.58. The smallest absolute Gasteiger partial charge is 0.376 e. The molecule has 1 unspecified atom stereocenters. The summed E-state index contributed by atoms with van der Waals surface area (Å²) in [4.78, 5) is 29.5. The van der Waals surface area contributed by atoms with E-state index in [1.165, 1.54) is 26.5 Å². The highest BCUT2D eigenvalue weighted by Crippen LogP contribution is 2.03. The Labute approximate surface area is 103 Å². The van der Waals surface area contributed by atoms with Crippen molar-refractivity contribution in [3.8, 4) is 0 Å². The lowest BCUT2D eigenvalue weighted by Crippen LogP contribution is -2.30. The van der Waals surface area contributed by atoms with E-state index in [9.17, 15) is 9.59 Å². The third-order valence-corrected chi connectivity index (χ3v) is 2.05. The molecule has 0 fully saturated rings. The second-order valence-electron chi connectivity index (χ2n) is 3.20. The molecule has 2 N–H and O–H groups in total. The van der Waals surface area contributed by atoms with E-state index in [1.54, 1.807) is 0 Å². The average Bonchev–Trinajstić information content (AvgIpc) is 2.38. The number of aromatic nitrogens is 2. The van der Waals surface area contributed by atoms with Gasteiger partial charge in [0.1, 0.15) is 5.82 Å². The molecule has 0 spiro atoms. The molecule has 0 saturated carbocycles. The van der Waals surface area contributed by atoms with Crippen LogP contribution in [0, 0.1) is 0 Å². The predicted molar refractivity (Wildman–Crippen MR) is 60.3 cm³/mol. The molecule has 0 aromatic carbocycles. The summed E-state index contributed by atoms with van der Waals surface area (Å²) in [6.45, 7) is 0.0173. The Hall–Kier alpha value is -2.22. The van der Waals surface area contributed by atoms with Crippen molar-refractivity contribution in [2.45, 2.75) is 6.10 Å². The van der Waals surface area contributed by atoms with E-state index in [1.807, 2.05) is 0 Å². The molecule has 0 bridgehead atoms. The maximum Gasteiger partial charge on any atom is 0.376 e. The molecule has 0 aliphatic rings. The molecular formula is C10H13N3O5. The van der Waals surface area contributed by atoms with Crippen LogP contribution in [0.1, 0.15) is 10.6 Å². The lowest BCUT2D eigenvalue weighted by molar-refractivity contribution is -0.147. The number of carbonyl (C=O) groups is 2. The molecule has 18 heavy (non-hydrogen) atoms. The lowest BCUT2D eigenvalue weighted by Gasteiger charge is -2.11. The Bertz CT molecular complexity index is 437. The first kappa shape index (κ1) is 13.8. The zero-order valence-electron chi connectivity index (χ0n) is 9.91. The largest absolute Gasteiger partial charge is 0.479 e. The summed E-state index contributed by atoms with van der Waals surface area (Å²) in [6, 6.07) is 1.50. The molecule has 1 heterocycles. The fourth-order valence-corrected chi connectivity index (χ4v) is 1.12. The van der Waals surface area contributed by atoms with Crippen LogP contribution in [0.25, 0.3) is 0 Å². The number of anilines is 1. The molecule has 0 radical (unpaired) electrons. The van der Waals surface area contributed by atoms with Crippen molar-refractivity contribution >= 4 is 17.8 Å². The average molecular weight is 255 g/mol. The number of carbonyl (C=O) groups excluding carboxylic acids is 1. The molecule has 0 aliphatic carbocycles. The van der Waals surface area contributed by atoms with E-state index < -0.39 is 18.0 Å². The van der Waals surface area contributed by atoms with Crippen LogP contribution in [0.2, 0.25) is 0 Å². The Morgan fingerprint density at radius 2 is 2.22 bits per heavy atom. The van der Waals surface area contributed by atoms with E-state index in [2.05, 4.69) is 20.0 Å². The second kappa shape index (κ2) is 6.50. The van der Waals surface area contributed by atoms with Crippen LogP contribution in [-0.2, 0) is 14.3 Å². The molecule has 1 aromatic heterocycles. The number of hydrogen-bond acceptors (Lipinski definition) is 7. The zero-order valence-corrected chi connectivity index (χ0v) is 9.91. The molecule has 0 aliphatic heterocycles. The number of esters is 1. The highest BCUT2D eigenvalue weighted by atomic mass is 16.5. The molecular weight excluding hydrogens is 242 g/mol. The summed E-state index contributed by atoms with van der Waals surface area (Å²) in [7, 11) is 2.51. The number of hydrogen-bond donors (Lipinski definition) is 2. The van der Waals surface area contributed by atoms with Gasteiger partial charge in [-0.05, 0) is 6.07 Å². The maximum atomic E-state index is 11.2. The summed E-state index contributed by atoms with van der Waals surface area (Å²) in [5, 5.41) is 11.5. The van der Waals surface area contributed by atoms with Crippen LogP contribution in [0.5, 0.6) is 0 Å². The van der Waals surface area contributed by atoms with Crippen LogP contribution in [-0.4, -0.2) is 53.9 Å². The van der Waals surface area contributed by atoms with Gasteiger partial charge in [-0.15, -0.1) is 0 Å². The maximum absolute atomic E-state index is 11.2. The third kappa shape index (κ3) is 3.67. The van der Waals surface area contributed by atoms with Crippen LogP contribution in [0.4, 0.5) is 5.82 Å². The number of methoxy groups -OCH3 is 2. The van der Waals surface area contributed by atoms with Crippen molar-refractivity contribution in [1.29, 1.82) is 0 Å².